The van der Waals surface area contributed by atoms with Crippen molar-refractivity contribution in [1.82, 2.24) is 4.90 Å². The fourth-order valence-electron chi connectivity index (χ4n) is 4.14. The van der Waals surface area contributed by atoms with Crippen molar-refractivity contribution in [2.45, 2.75) is 64.3 Å². The van der Waals surface area contributed by atoms with Crippen LogP contribution in [0.5, 0.6) is 0 Å². The SMILES string of the molecule is CCN(C(=O)C1CC2CC2C1)C1CCCCC1. The molecule has 0 saturated heterocycles. The molecule has 2 atom stereocenters. The van der Waals surface area contributed by atoms with Crippen LogP contribution in [-0.4, -0.2) is 23.4 Å². The van der Waals surface area contributed by atoms with Gasteiger partial charge in [-0.3, -0.25) is 4.79 Å². The van der Waals surface area contributed by atoms with Gasteiger partial charge in [-0.05, 0) is 50.9 Å². The molecule has 3 fully saturated rings. The number of amides is 1. The third-order valence-corrected chi connectivity index (χ3v) is 5.23. The lowest BCUT2D eigenvalue weighted by molar-refractivity contribution is -0.138. The molecule has 0 aromatic rings. The average molecular weight is 235 g/mol. The van der Waals surface area contributed by atoms with E-state index in [4.69, 9.17) is 0 Å². The topological polar surface area (TPSA) is 20.3 Å². The molecule has 17 heavy (non-hydrogen) atoms. The normalized spacial score (nSPS) is 36.6. The van der Waals surface area contributed by atoms with Crippen molar-refractivity contribution in [3.05, 3.63) is 0 Å². The maximum absolute atomic E-state index is 12.6. The third kappa shape index (κ3) is 2.23. The summed E-state index contributed by atoms with van der Waals surface area (Å²) in [5, 5.41) is 0. The Morgan fingerprint density at radius 1 is 1.06 bits per heavy atom. The van der Waals surface area contributed by atoms with Gasteiger partial charge in [-0.1, -0.05) is 19.3 Å². The van der Waals surface area contributed by atoms with Gasteiger partial charge in [0.15, 0.2) is 0 Å². The lowest BCUT2D eigenvalue weighted by Gasteiger charge is -2.35. The number of fused-ring (bicyclic) bond motifs is 1. The highest BCUT2D eigenvalue weighted by Crippen LogP contribution is 2.54. The number of hydrogen-bond donors (Lipinski definition) is 0. The molecule has 96 valence electrons. The minimum Gasteiger partial charge on any atom is -0.340 e. The molecule has 0 aromatic heterocycles. The standard InChI is InChI=1S/C15H25NO/c1-2-16(14-6-4-3-5-7-14)15(17)13-9-11-8-12(11)10-13/h11-14H,2-10H2,1H3. The summed E-state index contributed by atoms with van der Waals surface area (Å²) in [6.45, 7) is 3.08. The summed E-state index contributed by atoms with van der Waals surface area (Å²) in [5.41, 5.74) is 0. The summed E-state index contributed by atoms with van der Waals surface area (Å²) in [6.07, 6.45) is 10.3. The molecule has 0 radical (unpaired) electrons. The maximum atomic E-state index is 12.6. The average Bonchev–Trinajstić information content (AvgIpc) is 2.98. The van der Waals surface area contributed by atoms with Crippen molar-refractivity contribution < 1.29 is 4.79 Å². The second-order valence-electron chi connectivity index (χ2n) is 6.34. The fraction of sp³-hybridized carbons (Fsp3) is 0.933. The first kappa shape index (κ1) is 11.6. The summed E-state index contributed by atoms with van der Waals surface area (Å²) >= 11 is 0. The van der Waals surface area contributed by atoms with Crippen molar-refractivity contribution in [2.24, 2.45) is 17.8 Å². The Hall–Kier alpha value is -0.530. The van der Waals surface area contributed by atoms with Gasteiger partial charge in [-0.15, -0.1) is 0 Å². The summed E-state index contributed by atoms with van der Waals surface area (Å²) in [6, 6.07) is 0.568. The molecule has 0 N–H and O–H groups in total. The van der Waals surface area contributed by atoms with Crippen LogP contribution >= 0.6 is 0 Å². The smallest absolute Gasteiger partial charge is 0.225 e. The Labute approximate surface area is 105 Å². The van der Waals surface area contributed by atoms with E-state index in [2.05, 4.69) is 11.8 Å². The highest BCUT2D eigenvalue weighted by atomic mass is 16.2. The molecular weight excluding hydrogens is 210 g/mol. The molecule has 0 aliphatic heterocycles. The van der Waals surface area contributed by atoms with Crippen LogP contribution in [0.15, 0.2) is 0 Å². The first-order valence-electron chi connectivity index (χ1n) is 7.60. The van der Waals surface area contributed by atoms with Crippen molar-refractivity contribution in [3.8, 4) is 0 Å². The van der Waals surface area contributed by atoms with Crippen LogP contribution in [-0.2, 0) is 4.79 Å². The van der Waals surface area contributed by atoms with Gasteiger partial charge < -0.3 is 4.90 Å². The first-order chi connectivity index (χ1) is 8.29. The van der Waals surface area contributed by atoms with Crippen LogP contribution in [0, 0.1) is 17.8 Å². The second-order valence-corrected chi connectivity index (χ2v) is 6.34. The van der Waals surface area contributed by atoms with Crippen molar-refractivity contribution >= 4 is 5.91 Å². The van der Waals surface area contributed by atoms with Crippen molar-refractivity contribution in [1.29, 1.82) is 0 Å². The molecule has 0 spiro atoms. The Morgan fingerprint density at radius 3 is 2.29 bits per heavy atom. The van der Waals surface area contributed by atoms with E-state index in [9.17, 15) is 4.79 Å². The zero-order chi connectivity index (χ0) is 11.8. The first-order valence-corrected chi connectivity index (χ1v) is 7.60. The monoisotopic (exact) mass is 235 g/mol. The van der Waals surface area contributed by atoms with Gasteiger partial charge in [-0.2, -0.15) is 0 Å². The molecule has 3 aliphatic carbocycles. The molecule has 2 heteroatoms. The number of carbonyl (C=O) groups is 1. The summed E-state index contributed by atoms with van der Waals surface area (Å²) in [7, 11) is 0. The molecule has 3 rings (SSSR count). The van der Waals surface area contributed by atoms with Gasteiger partial charge in [0.2, 0.25) is 5.91 Å². The summed E-state index contributed by atoms with van der Waals surface area (Å²) < 4.78 is 0. The number of carbonyl (C=O) groups excluding carboxylic acids is 1. The number of hydrogen-bond acceptors (Lipinski definition) is 1. The van der Waals surface area contributed by atoms with E-state index in [1.54, 1.807) is 0 Å². The van der Waals surface area contributed by atoms with Gasteiger partial charge >= 0.3 is 0 Å². The van der Waals surface area contributed by atoms with Crippen molar-refractivity contribution in [2.75, 3.05) is 6.54 Å². The molecule has 3 saturated carbocycles. The molecule has 0 aromatic carbocycles. The third-order valence-electron chi connectivity index (χ3n) is 5.23. The van der Waals surface area contributed by atoms with Gasteiger partial charge in [0.05, 0.1) is 0 Å². The lowest BCUT2D eigenvalue weighted by atomic mass is 9.92. The Kier molecular flexibility index (Phi) is 3.14. The zero-order valence-corrected chi connectivity index (χ0v) is 11.0. The molecule has 3 aliphatic rings. The fourth-order valence-corrected chi connectivity index (χ4v) is 4.14. The quantitative estimate of drug-likeness (QED) is 0.735. The Bertz CT molecular complexity index is 285. The van der Waals surface area contributed by atoms with Crippen LogP contribution in [0.25, 0.3) is 0 Å². The molecule has 2 unspecified atom stereocenters. The maximum Gasteiger partial charge on any atom is 0.225 e. The molecule has 0 heterocycles. The van der Waals surface area contributed by atoms with E-state index in [1.165, 1.54) is 51.4 Å². The van der Waals surface area contributed by atoms with Crippen LogP contribution < -0.4 is 0 Å². The predicted octanol–water partition coefficient (Wildman–Crippen LogP) is 3.21. The Morgan fingerprint density at radius 2 is 1.71 bits per heavy atom. The van der Waals surface area contributed by atoms with Crippen molar-refractivity contribution in [3.63, 3.8) is 0 Å². The van der Waals surface area contributed by atoms with E-state index in [1.807, 2.05) is 0 Å². The Balaban J connectivity index is 1.60. The molecule has 1 amide bonds. The highest BCUT2D eigenvalue weighted by molar-refractivity contribution is 5.79. The van der Waals surface area contributed by atoms with Crippen LogP contribution in [0.2, 0.25) is 0 Å². The van der Waals surface area contributed by atoms with E-state index < -0.39 is 0 Å². The lowest BCUT2D eigenvalue weighted by Crippen LogP contribution is -2.44. The van der Waals surface area contributed by atoms with Gasteiger partial charge in [0, 0.05) is 18.5 Å². The second kappa shape index (κ2) is 4.62. The summed E-state index contributed by atoms with van der Waals surface area (Å²) in [4.78, 5) is 14.8. The van der Waals surface area contributed by atoms with E-state index >= 15 is 0 Å². The molecule has 0 bridgehead atoms. The molecular formula is C15H25NO. The minimum atomic E-state index is 0.389. The number of nitrogens with zero attached hydrogens (tertiary/aromatic N) is 1. The zero-order valence-electron chi connectivity index (χ0n) is 11.0. The van der Waals surface area contributed by atoms with Crippen LogP contribution in [0.4, 0.5) is 0 Å². The predicted molar refractivity (Wildman–Crippen MR) is 68.6 cm³/mol. The van der Waals surface area contributed by atoms with Gasteiger partial charge in [0.1, 0.15) is 0 Å². The minimum absolute atomic E-state index is 0.389. The number of rotatable bonds is 3. The van der Waals surface area contributed by atoms with E-state index in [-0.39, 0.29) is 0 Å². The summed E-state index contributed by atoms with van der Waals surface area (Å²) in [5.74, 6) is 2.73. The largest absolute Gasteiger partial charge is 0.340 e. The van der Waals surface area contributed by atoms with E-state index in [0.717, 1.165) is 18.4 Å². The van der Waals surface area contributed by atoms with Crippen LogP contribution in [0.3, 0.4) is 0 Å². The highest BCUT2D eigenvalue weighted by Gasteiger charge is 2.49. The molecule has 2 nitrogen and oxygen atoms in total. The van der Waals surface area contributed by atoms with Gasteiger partial charge in [-0.25, -0.2) is 0 Å². The van der Waals surface area contributed by atoms with E-state index in [0.29, 0.717) is 17.9 Å². The van der Waals surface area contributed by atoms with Gasteiger partial charge in [0.25, 0.3) is 0 Å². The van der Waals surface area contributed by atoms with Crippen LogP contribution in [0.1, 0.15) is 58.3 Å².